The molecule has 0 fully saturated rings. The van der Waals surface area contributed by atoms with Crippen LogP contribution in [0.25, 0.3) is 11.1 Å². The molecule has 0 radical (unpaired) electrons. The normalized spacial score (nSPS) is 16.1. The van der Waals surface area contributed by atoms with Crippen molar-refractivity contribution in [3.63, 3.8) is 0 Å². The molecule has 10 heteroatoms. The van der Waals surface area contributed by atoms with Crippen molar-refractivity contribution in [1.82, 2.24) is 9.80 Å². The molecule has 3 amide bonds. The van der Waals surface area contributed by atoms with E-state index in [-0.39, 0.29) is 24.4 Å². The predicted molar refractivity (Wildman–Crippen MR) is 135 cm³/mol. The molecule has 1 N–H and O–H groups in total. The molecule has 10 nitrogen and oxygen atoms in total. The molecule has 2 aromatic carbocycles. The number of benzene rings is 2. The Morgan fingerprint density at radius 1 is 1.16 bits per heavy atom. The number of diazo groups is 1. The summed E-state index contributed by atoms with van der Waals surface area (Å²) in [6, 6.07) is 13.7. The highest BCUT2D eigenvalue weighted by Crippen LogP contribution is 2.41. The number of carbonyl (C=O) groups is 3. The van der Waals surface area contributed by atoms with Crippen molar-refractivity contribution in [1.29, 1.82) is 5.39 Å². The molecular formula is C27H27N4O6+. The van der Waals surface area contributed by atoms with Gasteiger partial charge in [-0.05, 0) is 30.5 Å². The zero-order chi connectivity index (χ0) is 27.1. The number of nitrogens with zero attached hydrogens (tertiary/aromatic N) is 4. The first-order chi connectivity index (χ1) is 17.8. The molecular weight excluding hydrogens is 476 g/mol. The maximum absolute atomic E-state index is 14.0. The van der Waals surface area contributed by atoms with E-state index in [4.69, 9.17) is 4.74 Å². The van der Waals surface area contributed by atoms with Crippen molar-refractivity contribution in [2.24, 2.45) is 0 Å². The first-order valence-electron chi connectivity index (χ1n) is 11.4. The summed E-state index contributed by atoms with van der Waals surface area (Å²) in [5, 5.41) is 19.6. The van der Waals surface area contributed by atoms with E-state index in [2.05, 4.69) is 16.3 Å². The third-order valence-electron chi connectivity index (χ3n) is 5.87. The summed E-state index contributed by atoms with van der Waals surface area (Å²) in [6.45, 7) is 7.12. The Kier molecular flexibility index (Phi) is 8.43. The van der Waals surface area contributed by atoms with Crippen LogP contribution >= 0.6 is 0 Å². The van der Waals surface area contributed by atoms with Gasteiger partial charge in [0.05, 0.1) is 25.8 Å². The number of ether oxygens (including phenoxy) is 2. The Morgan fingerprint density at radius 2 is 1.81 bits per heavy atom. The van der Waals surface area contributed by atoms with E-state index in [1.54, 1.807) is 62.4 Å². The Balaban J connectivity index is 2.36. The molecule has 37 heavy (non-hydrogen) atoms. The van der Waals surface area contributed by atoms with Gasteiger partial charge >= 0.3 is 29.5 Å². The summed E-state index contributed by atoms with van der Waals surface area (Å²) in [5.74, 6) is -2.94. The van der Waals surface area contributed by atoms with Crippen LogP contribution in [0, 0.1) is 5.39 Å². The predicted octanol–water partition coefficient (Wildman–Crippen LogP) is 4.90. The lowest BCUT2D eigenvalue weighted by Crippen LogP contribution is -2.53. The standard InChI is InChI=1S/C27H26N4O6/c1-5-19-14-10-11-15-20(19)23-21(25(33)37-6-2)17(3)30(16-18-12-8-7-9-13-18)27(35)31(23)24(32)22(29-28)26(34)36-4/h5,7-15,23H,1,6,16H2,2-4H3/p+1. The van der Waals surface area contributed by atoms with E-state index in [0.717, 1.165) is 17.6 Å². The lowest BCUT2D eigenvalue weighted by molar-refractivity contribution is -0.140. The fourth-order valence-electron chi connectivity index (χ4n) is 4.11. The van der Waals surface area contributed by atoms with E-state index < -0.39 is 35.6 Å². The second-order valence-corrected chi connectivity index (χ2v) is 7.94. The van der Waals surface area contributed by atoms with Crippen molar-refractivity contribution in [3.05, 3.63) is 106 Å². The Bertz CT molecular complexity index is 1330. The number of aliphatic hydroxyl groups excluding tert-OH is 1. The smallest absolute Gasteiger partial charge is 0.475 e. The maximum atomic E-state index is 14.0. The second-order valence-electron chi connectivity index (χ2n) is 7.94. The summed E-state index contributed by atoms with van der Waals surface area (Å²) in [6.07, 6.45) is 1.52. The molecule has 2 aromatic rings. The van der Waals surface area contributed by atoms with Gasteiger partial charge in [-0.25, -0.2) is 14.5 Å². The van der Waals surface area contributed by atoms with Crippen LogP contribution < -0.4 is 0 Å². The highest BCUT2D eigenvalue weighted by atomic mass is 16.6. The van der Waals surface area contributed by atoms with Gasteiger partial charge in [-0.15, -0.1) is 0 Å². The van der Waals surface area contributed by atoms with Crippen molar-refractivity contribution in [2.45, 2.75) is 26.4 Å². The van der Waals surface area contributed by atoms with Crippen LogP contribution in [0.15, 0.2) is 84.1 Å². The van der Waals surface area contributed by atoms with E-state index in [1.165, 1.54) is 11.0 Å². The van der Waals surface area contributed by atoms with Gasteiger partial charge in [0.2, 0.25) is 5.39 Å². The van der Waals surface area contributed by atoms with E-state index in [1.807, 2.05) is 6.07 Å². The third kappa shape index (κ3) is 5.21. The largest absolute Gasteiger partial charge is 0.528 e. The maximum Gasteiger partial charge on any atom is 0.528 e. The highest BCUT2D eigenvalue weighted by molar-refractivity contribution is 6.08. The van der Waals surface area contributed by atoms with Gasteiger partial charge < -0.3 is 14.6 Å². The van der Waals surface area contributed by atoms with Crippen LogP contribution in [-0.2, 0) is 25.6 Å². The molecule has 1 aliphatic rings. The lowest BCUT2D eigenvalue weighted by Gasteiger charge is -2.41. The quantitative estimate of drug-likeness (QED) is 0.235. The Hall–Kier alpha value is -4.91. The minimum atomic E-state index is -1.29. The fourth-order valence-corrected chi connectivity index (χ4v) is 4.11. The molecule has 0 aromatic heterocycles. The minimum absolute atomic E-state index is 0.0224. The topological polar surface area (TPSA) is 125 Å². The average Bonchev–Trinajstić information content (AvgIpc) is 2.91. The van der Waals surface area contributed by atoms with Gasteiger partial charge in [-0.1, -0.05) is 67.3 Å². The summed E-state index contributed by atoms with van der Waals surface area (Å²) < 4.78 is 10.0. The molecule has 190 valence electrons. The molecule has 0 spiro atoms. The number of rotatable bonds is 8. The van der Waals surface area contributed by atoms with Crippen LogP contribution in [0.5, 0.6) is 0 Å². The van der Waals surface area contributed by atoms with Crippen molar-refractivity contribution < 1.29 is 29.0 Å². The fraction of sp³-hybridized carbons (Fsp3) is 0.222. The van der Waals surface area contributed by atoms with Gasteiger partial charge in [0.25, 0.3) is 0 Å². The van der Waals surface area contributed by atoms with Crippen LogP contribution in [0.3, 0.4) is 0 Å². The first-order valence-corrected chi connectivity index (χ1v) is 11.4. The van der Waals surface area contributed by atoms with Crippen molar-refractivity contribution in [3.8, 4) is 0 Å². The number of hydrogen-bond donors (Lipinski definition) is 1. The Labute approximate surface area is 214 Å². The summed E-state index contributed by atoms with van der Waals surface area (Å²) in [4.78, 5) is 45.9. The SMILES string of the molecule is C=Cc1ccccc1C1C(C(=O)OCC)=C(C)N(Cc2ccccc2)C(=O)N1C(=O)/C([N+]#N)=C(\O)OC. The number of esters is 1. The van der Waals surface area contributed by atoms with Gasteiger partial charge in [0.15, 0.2) is 4.98 Å². The molecule has 0 saturated heterocycles. The van der Waals surface area contributed by atoms with E-state index in [0.29, 0.717) is 11.1 Å². The molecule has 1 atom stereocenters. The van der Waals surface area contributed by atoms with Gasteiger partial charge in [0.1, 0.15) is 6.04 Å². The van der Waals surface area contributed by atoms with Crippen molar-refractivity contribution >= 4 is 24.0 Å². The van der Waals surface area contributed by atoms with Crippen molar-refractivity contribution in [2.75, 3.05) is 13.7 Å². The van der Waals surface area contributed by atoms with Crippen LogP contribution in [0.2, 0.25) is 0 Å². The van der Waals surface area contributed by atoms with Crippen LogP contribution in [0.4, 0.5) is 4.79 Å². The van der Waals surface area contributed by atoms with Gasteiger partial charge in [-0.3, -0.25) is 9.69 Å². The Morgan fingerprint density at radius 3 is 2.41 bits per heavy atom. The molecule has 1 aliphatic heterocycles. The number of hydrogen-bond acceptors (Lipinski definition) is 7. The minimum Gasteiger partial charge on any atom is -0.475 e. The van der Waals surface area contributed by atoms with Crippen LogP contribution in [-0.4, -0.2) is 46.5 Å². The monoisotopic (exact) mass is 503 g/mol. The zero-order valence-corrected chi connectivity index (χ0v) is 20.7. The number of amides is 3. The number of aliphatic hydroxyl groups is 1. The molecule has 0 saturated carbocycles. The first kappa shape index (κ1) is 26.7. The highest BCUT2D eigenvalue weighted by Gasteiger charge is 2.50. The molecule has 3 rings (SSSR count). The summed E-state index contributed by atoms with van der Waals surface area (Å²) >= 11 is 0. The average molecular weight is 504 g/mol. The number of imide groups is 1. The van der Waals surface area contributed by atoms with Gasteiger partial charge in [0, 0.05) is 5.70 Å². The lowest BCUT2D eigenvalue weighted by atomic mass is 9.89. The second kappa shape index (κ2) is 11.7. The number of methoxy groups -OCH3 is 1. The molecule has 1 unspecified atom stereocenters. The number of allylic oxidation sites excluding steroid dienone is 1. The molecule has 1 heterocycles. The number of urea groups is 1. The van der Waals surface area contributed by atoms with Gasteiger partial charge in [-0.2, -0.15) is 0 Å². The van der Waals surface area contributed by atoms with E-state index in [9.17, 15) is 24.9 Å². The molecule has 0 bridgehead atoms. The van der Waals surface area contributed by atoms with Crippen LogP contribution in [0.1, 0.15) is 36.6 Å². The molecule has 0 aliphatic carbocycles. The summed E-state index contributed by atoms with van der Waals surface area (Å²) in [7, 11) is 1.06. The summed E-state index contributed by atoms with van der Waals surface area (Å²) in [5.41, 5.74) is 1.07. The van der Waals surface area contributed by atoms with E-state index >= 15 is 0 Å². The third-order valence-corrected chi connectivity index (χ3v) is 5.87. The number of carbonyl (C=O) groups excluding carboxylic acids is 3. The zero-order valence-electron chi connectivity index (χ0n) is 20.7.